The van der Waals surface area contributed by atoms with E-state index in [-0.39, 0.29) is 5.54 Å². The molecule has 1 atom stereocenters. The number of hydrogen-bond acceptors (Lipinski definition) is 2. The van der Waals surface area contributed by atoms with Crippen LogP contribution in [-0.2, 0) is 4.79 Å². The second kappa shape index (κ2) is 1.95. The van der Waals surface area contributed by atoms with Crippen molar-refractivity contribution in [1.82, 2.24) is 4.90 Å². The maximum Gasteiger partial charge on any atom is 0.150 e. The monoisotopic (exact) mass is 151 g/mol. The van der Waals surface area contributed by atoms with Crippen molar-refractivity contribution in [2.45, 2.75) is 25.3 Å². The summed E-state index contributed by atoms with van der Waals surface area (Å²) in [5, 5.41) is 0. The molecule has 0 aromatic carbocycles. The third kappa shape index (κ3) is 0.732. The van der Waals surface area contributed by atoms with E-state index in [4.69, 9.17) is 0 Å². The van der Waals surface area contributed by atoms with Gasteiger partial charge >= 0.3 is 0 Å². The van der Waals surface area contributed by atoms with Crippen molar-refractivity contribution >= 4 is 5.78 Å². The summed E-state index contributed by atoms with van der Waals surface area (Å²) in [6, 6.07) is 0. The fraction of sp³-hybridized carbons (Fsp3) is 0.667. The summed E-state index contributed by atoms with van der Waals surface area (Å²) in [7, 11) is 0. The van der Waals surface area contributed by atoms with E-state index < -0.39 is 0 Å². The number of ketones is 1. The van der Waals surface area contributed by atoms with E-state index in [9.17, 15) is 4.79 Å². The van der Waals surface area contributed by atoms with Gasteiger partial charge in [0.1, 0.15) is 5.78 Å². The number of carbonyl (C=O) groups is 1. The maximum absolute atomic E-state index is 11.3. The van der Waals surface area contributed by atoms with Crippen LogP contribution in [-0.4, -0.2) is 29.3 Å². The lowest BCUT2D eigenvalue weighted by Gasteiger charge is -2.45. The molecule has 0 aromatic rings. The third-order valence-corrected chi connectivity index (χ3v) is 3.01. The minimum atomic E-state index is -0.100. The number of fused-ring (bicyclic) bond motifs is 1. The molecule has 2 nitrogen and oxygen atoms in total. The molecule has 2 heterocycles. The Morgan fingerprint density at radius 2 is 2.45 bits per heavy atom. The molecule has 2 rings (SSSR count). The number of carbonyl (C=O) groups excluding carboxylic acids is 1. The molecule has 2 aliphatic rings. The smallest absolute Gasteiger partial charge is 0.150 e. The summed E-state index contributed by atoms with van der Waals surface area (Å²) < 4.78 is 0. The number of nitrogens with zero attached hydrogens (tertiary/aromatic N) is 1. The highest BCUT2D eigenvalue weighted by Gasteiger charge is 2.52. The SMILES string of the molecule is C=C1CN2CCC2(C(C)=O)C1. The molecule has 0 amide bonds. The molecule has 60 valence electrons. The van der Waals surface area contributed by atoms with Crippen LogP contribution in [0, 0.1) is 0 Å². The van der Waals surface area contributed by atoms with Gasteiger partial charge in [-0.15, -0.1) is 0 Å². The molecule has 0 saturated carbocycles. The summed E-state index contributed by atoms with van der Waals surface area (Å²) in [6.07, 6.45) is 1.95. The van der Waals surface area contributed by atoms with Crippen LogP contribution in [0.25, 0.3) is 0 Å². The van der Waals surface area contributed by atoms with Crippen LogP contribution < -0.4 is 0 Å². The predicted molar refractivity (Wildman–Crippen MR) is 43.4 cm³/mol. The Kier molecular flexibility index (Phi) is 1.25. The summed E-state index contributed by atoms with van der Waals surface area (Å²) in [4.78, 5) is 13.5. The quantitative estimate of drug-likeness (QED) is 0.521. The minimum Gasteiger partial charge on any atom is -0.298 e. The maximum atomic E-state index is 11.3. The van der Waals surface area contributed by atoms with Crippen LogP contribution in [0.2, 0.25) is 0 Å². The topological polar surface area (TPSA) is 20.3 Å². The van der Waals surface area contributed by atoms with E-state index in [1.165, 1.54) is 5.57 Å². The van der Waals surface area contributed by atoms with Crippen LogP contribution in [0.3, 0.4) is 0 Å². The first-order valence-electron chi connectivity index (χ1n) is 4.08. The van der Waals surface area contributed by atoms with Crippen molar-refractivity contribution in [2.75, 3.05) is 13.1 Å². The standard InChI is InChI=1S/C9H13NO/c1-7-5-9(8(2)11)3-4-10(9)6-7/h1,3-6H2,2H3. The van der Waals surface area contributed by atoms with Gasteiger partial charge in [0, 0.05) is 13.1 Å². The van der Waals surface area contributed by atoms with Crippen LogP contribution >= 0.6 is 0 Å². The van der Waals surface area contributed by atoms with Crippen LogP contribution in [0.4, 0.5) is 0 Å². The minimum absolute atomic E-state index is 0.100. The average molecular weight is 151 g/mol. The molecule has 2 heteroatoms. The Morgan fingerprint density at radius 3 is 2.73 bits per heavy atom. The van der Waals surface area contributed by atoms with Crippen molar-refractivity contribution in [2.24, 2.45) is 0 Å². The van der Waals surface area contributed by atoms with Crippen LogP contribution in [0.1, 0.15) is 19.8 Å². The molecule has 0 aromatic heterocycles. The van der Waals surface area contributed by atoms with E-state index in [1.54, 1.807) is 6.92 Å². The molecule has 11 heavy (non-hydrogen) atoms. The molecular formula is C9H13NO. The van der Waals surface area contributed by atoms with Crippen molar-refractivity contribution in [1.29, 1.82) is 0 Å². The largest absolute Gasteiger partial charge is 0.298 e. The molecule has 2 fully saturated rings. The van der Waals surface area contributed by atoms with Crippen molar-refractivity contribution in [3.8, 4) is 0 Å². The summed E-state index contributed by atoms with van der Waals surface area (Å²) in [6.45, 7) is 7.65. The Balaban J connectivity index is 2.27. The molecule has 2 aliphatic heterocycles. The summed E-state index contributed by atoms with van der Waals surface area (Å²) >= 11 is 0. The molecule has 1 unspecified atom stereocenters. The van der Waals surface area contributed by atoms with Gasteiger partial charge in [-0.3, -0.25) is 9.69 Å². The number of Topliss-reactive ketones (excluding diaryl/α,β-unsaturated/α-hetero) is 1. The van der Waals surface area contributed by atoms with Crippen molar-refractivity contribution in [3.63, 3.8) is 0 Å². The Hall–Kier alpha value is -0.630. The molecule has 0 N–H and O–H groups in total. The molecule has 0 bridgehead atoms. The van der Waals surface area contributed by atoms with Gasteiger partial charge < -0.3 is 0 Å². The number of rotatable bonds is 1. The van der Waals surface area contributed by atoms with Gasteiger partial charge in [-0.2, -0.15) is 0 Å². The molecule has 0 spiro atoms. The highest BCUT2D eigenvalue weighted by atomic mass is 16.1. The zero-order valence-electron chi connectivity index (χ0n) is 6.89. The van der Waals surface area contributed by atoms with Crippen LogP contribution in [0.15, 0.2) is 12.2 Å². The zero-order chi connectivity index (χ0) is 8.06. The Morgan fingerprint density at radius 1 is 1.73 bits per heavy atom. The first-order valence-corrected chi connectivity index (χ1v) is 4.08. The summed E-state index contributed by atoms with van der Waals surface area (Å²) in [5.74, 6) is 0.322. The first-order chi connectivity index (χ1) is 5.15. The van der Waals surface area contributed by atoms with Gasteiger partial charge in [0.25, 0.3) is 0 Å². The highest BCUT2D eigenvalue weighted by molar-refractivity contribution is 5.88. The average Bonchev–Trinajstić information content (AvgIpc) is 2.11. The fourth-order valence-corrected chi connectivity index (χ4v) is 2.23. The van der Waals surface area contributed by atoms with E-state index in [0.29, 0.717) is 5.78 Å². The normalized spacial score (nSPS) is 36.6. The van der Waals surface area contributed by atoms with Gasteiger partial charge in [0.2, 0.25) is 0 Å². The van der Waals surface area contributed by atoms with E-state index in [2.05, 4.69) is 11.5 Å². The predicted octanol–water partition coefficient (Wildman–Crippen LogP) is 0.980. The number of hydrogen-bond donors (Lipinski definition) is 0. The Bertz CT molecular complexity index is 234. The molecule has 0 radical (unpaired) electrons. The second-order valence-electron chi connectivity index (χ2n) is 3.69. The fourth-order valence-electron chi connectivity index (χ4n) is 2.23. The van der Waals surface area contributed by atoms with Gasteiger partial charge in [0.05, 0.1) is 5.54 Å². The molecular weight excluding hydrogens is 138 g/mol. The van der Waals surface area contributed by atoms with E-state index in [1.807, 2.05) is 0 Å². The van der Waals surface area contributed by atoms with Gasteiger partial charge in [-0.05, 0) is 19.8 Å². The molecule has 2 saturated heterocycles. The van der Waals surface area contributed by atoms with Gasteiger partial charge in [-0.1, -0.05) is 12.2 Å². The summed E-state index contributed by atoms with van der Waals surface area (Å²) in [5.41, 5.74) is 1.12. The second-order valence-corrected chi connectivity index (χ2v) is 3.69. The highest BCUT2D eigenvalue weighted by Crippen LogP contribution is 2.42. The van der Waals surface area contributed by atoms with Gasteiger partial charge in [-0.25, -0.2) is 0 Å². The van der Waals surface area contributed by atoms with Crippen LogP contribution in [0.5, 0.6) is 0 Å². The molecule has 0 aliphatic carbocycles. The zero-order valence-corrected chi connectivity index (χ0v) is 6.89. The van der Waals surface area contributed by atoms with Gasteiger partial charge in [0.15, 0.2) is 0 Å². The lowest BCUT2D eigenvalue weighted by atomic mass is 9.81. The first kappa shape index (κ1) is 7.04. The van der Waals surface area contributed by atoms with Crippen molar-refractivity contribution in [3.05, 3.63) is 12.2 Å². The van der Waals surface area contributed by atoms with E-state index in [0.717, 1.165) is 25.9 Å². The Labute approximate surface area is 66.9 Å². The van der Waals surface area contributed by atoms with E-state index >= 15 is 0 Å². The van der Waals surface area contributed by atoms with Crippen molar-refractivity contribution < 1.29 is 4.79 Å². The lowest BCUT2D eigenvalue weighted by molar-refractivity contribution is -0.134. The third-order valence-electron chi connectivity index (χ3n) is 3.01. The lowest BCUT2D eigenvalue weighted by Crippen LogP contribution is -2.59.